The number of carbonyl (C=O) groups is 1. The van der Waals surface area contributed by atoms with Crippen molar-refractivity contribution in [2.24, 2.45) is 5.73 Å². The number of hydrogen-bond acceptors (Lipinski definition) is 3. The maximum absolute atomic E-state index is 10.7. The number of hydrogen-bond donors (Lipinski definition) is 2. The molecule has 1 aromatic carbocycles. The third kappa shape index (κ3) is 3.77. The number of halogens is 2. The van der Waals surface area contributed by atoms with Gasteiger partial charge in [-0.05, 0) is 18.6 Å². The summed E-state index contributed by atoms with van der Waals surface area (Å²) >= 11 is 11.7. The molecule has 0 spiro atoms. The number of aliphatic hydroxyl groups is 1. The number of aliphatic hydroxyl groups excluding tert-OH is 1. The molecule has 0 aliphatic carbocycles. The highest BCUT2D eigenvalue weighted by atomic mass is 35.5. The van der Waals surface area contributed by atoms with E-state index < -0.39 is 18.3 Å². The zero-order valence-corrected chi connectivity index (χ0v) is 10.7. The largest absolute Gasteiger partial charge is 0.443 e. The molecule has 4 nitrogen and oxygen atoms in total. The van der Waals surface area contributed by atoms with Gasteiger partial charge in [0.2, 0.25) is 0 Å². The van der Waals surface area contributed by atoms with Gasteiger partial charge in [0.25, 0.3) is 0 Å². The van der Waals surface area contributed by atoms with Gasteiger partial charge in [-0.15, -0.1) is 0 Å². The zero-order chi connectivity index (χ0) is 13.0. The van der Waals surface area contributed by atoms with Crippen LogP contribution in [-0.4, -0.2) is 17.3 Å². The van der Waals surface area contributed by atoms with Crippen LogP contribution in [0, 0.1) is 0 Å². The Morgan fingerprint density at radius 1 is 1.53 bits per heavy atom. The van der Waals surface area contributed by atoms with Crippen molar-refractivity contribution in [2.45, 2.75) is 25.6 Å². The lowest BCUT2D eigenvalue weighted by molar-refractivity contribution is 0.00341. The fourth-order valence-electron chi connectivity index (χ4n) is 1.46. The Kier molecular flexibility index (Phi) is 5.05. The number of amides is 1. The van der Waals surface area contributed by atoms with Crippen molar-refractivity contribution in [3.63, 3.8) is 0 Å². The van der Waals surface area contributed by atoms with Gasteiger partial charge in [0.15, 0.2) is 0 Å². The summed E-state index contributed by atoms with van der Waals surface area (Å²) in [7, 11) is 0. The van der Waals surface area contributed by atoms with Gasteiger partial charge >= 0.3 is 6.09 Å². The molecule has 0 heterocycles. The lowest BCUT2D eigenvalue weighted by atomic mass is 10.0. The topological polar surface area (TPSA) is 72.5 Å². The summed E-state index contributed by atoms with van der Waals surface area (Å²) in [5.74, 6) is 0. The van der Waals surface area contributed by atoms with Crippen LogP contribution in [-0.2, 0) is 4.74 Å². The highest BCUT2D eigenvalue weighted by Gasteiger charge is 2.24. The molecule has 1 aromatic rings. The average molecular weight is 278 g/mol. The monoisotopic (exact) mass is 277 g/mol. The van der Waals surface area contributed by atoms with E-state index in [9.17, 15) is 9.90 Å². The maximum atomic E-state index is 10.7. The normalized spacial score (nSPS) is 14.1. The highest BCUT2D eigenvalue weighted by molar-refractivity contribution is 6.35. The second-order valence-electron chi connectivity index (χ2n) is 3.49. The van der Waals surface area contributed by atoms with Crippen LogP contribution in [0.1, 0.15) is 25.0 Å². The predicted octanol–water partition coefficient (Wildman–Crippen LogP) is 2.90. The smallest absolute Gasteiger partial charge is 0.404 e. The van der Waals surface area contributed by atoms with Gasteiger partial charge < -0.3 is 15.6 Å². The Morgan fingerprint density at radius 3 is 2.65 bits per heavy atom. The molecule has 0 aromatic heterocycles. The first-order valence-electron chi connectivity index (χ1n) is 5.04. The zero-order valence-electron chi connectivity index (χ0n) is 9.19. The van der Waals surface area contributed by atoms with Crippen LogP contribution in [0.4, 0.5) is 4.79 Å². The van der Waals surface area contributed by atoms with Gasteiger partial charge in [-0.3, -0.25) is 0 Å². The van der Waals surface area contributed by atoms with Gasteiger partial charge in [-0.1, -0.05) is 36.2 Å². The van der Waals surface area contributed by atoms with E-state index in [0.29, 0.717) is 22.0 Å². The van der Waals surface area contributed by atoms with Gasteiger partial charge in [-0.25, -0.2) is 4.79 Å². The summed E-state index contributed by atoms with van der Waals surface area (Å²) in [5, 5.41) is 10.8. The average Bonchev–Trinajstić information content (AvgIpc) is 2.24. The van der Waals surface area contributed by atoms with Crippen molar-refractivity contribution in [2.75, 3.05) is 0 Å². The molecule has 0 saturated heterocycles. The third-order valence-electron chi connectivity index (χ3n) is 2.30. The van der Waals surface area contributed by atoms with E-state index in [0.717, 1.165) is 0 Å². The van der Waals surface area contributed by atoms with Crippen LogP contribution in [0.5, 0.6) is 0 Å². The number of ether oxygens (including phenoxy) is 1. The first-order chi connectivity index (χ1) is 7.95. The summed E-state index contributed by atoms with van der Waals surface area (Å²) in [4.78, 5) is 10.7. The minimum absolute atomic E-state index is 0.316. The van der Waals surface area contributed by atoms with Crippen LogP contribution < -0.4 is 5.73 Å². The molecule has 0 fully saturated rings. The lowest BCUT2D eigenvalue weighted by Crippen LogP contribution is -2.28. The van der Waals surface area contributed by atoms with Crippen LogP contribution in [0.25, 0.3) is 0 Å². The van der Waals surface area contributed by atoms with Crippen molar-refractivity contribution < 1.29 is 14.6 Å². The minimum Gasteiger partial charge on any atom is -0.443 e. The molecule has 2 atom stereocenters. The van der Waals surface area contributed by atoms with Crippen molar-refractivity contribution in [3.8, 4) is 0 Å². The quantitative estimate of drug-likeness (QED) is 0.889. The van der Waals surface area contributed by atoms with E-state index in [1.807, 2.05) is 0 Å². The Bertz CT molecular complexity index is 412. The molecule has 0 bridgehead atoms. The number of benzene rings is 1. The SMILES string of the molecule is CC[C@H](OC(N)=O)[C@@H](O)c1ccc(Cl)cc1Cl. The highest BCUT2D eigenvalue weighted by Crippen LogP contribution is 2.30. The fourth-order valence-corrected chi connectivity index (χ4v) is 1.98. The van der Waals surface area contributed by atoms with Gasteiger partial charge in [0.1, 0.15) is 12.2 Å². The van der Waals surface area contributed by atoms with Gasteiger partial charge in [0.05, 0.1) is 0 Å². The first-order valence-corrected chi connectivity index (χ1v) is 5.80. The van der Waals surface area contributed by atoms with E-state index >= 15 is 0 Å². The Hall–Kier alpha value is -0.970. The summed E-state index contributed by atoms with van der Waals surface area (Å²) < 4.78 is 4.80. The number of rotatable bonds is 4. The second-order valence-corrected chi connectivity index (χ2v) is 4.34. The molecular formula is C11H13Cl2NO3. The molecule has 6 heteroatoms. The number of carbonyl (C=O) groups excluding carboxylic acids is 1. The fraction of sp³-hybridized carbons (Fsp3) is 0.364. The summed E-state index contributed by atoms with van der Waals surface area (Å²) in [6, 6.07) is 4.70. The molecule has 0 unspecified atom stereocenters. The molecule has 0 aliphatic heterocycles. The molecule has 1 amide bonds. The van der Waals surface area contributed by atoms with Crippen molar-refractivity contribution >= 4 is 29.3 Å². The number of nitrogens with two attached hydrogens (primary N) is 1. The van der Waals surface area contributed by atoms with Crippen LogP contribution >= 0.6 is 23.2 Å². The standard InChI is InChI=1S/C11H13Cl2NO3/c1-2-9(17-11(14)16)10(15)7-4-3-6(12)5-8(7)13/h3-5,9-10,15H,2H2,1H3,(H2,14,16)/t9-,10-/m0/s1. The lowest BCUT2D eigenvalue weighted by Gasteiger charge is -2.22. The van der Waals surface area contributed by atoms with Gasteiger partial charge in [0, 0.05) is 15.6 Å². The van der Waals surface area contributed by atoms with E-state index in [-0.39, 0.29) is 0 Å². The van der Waals surface area contributed by atoms with Crippen LogP contribution in [0.15, 0.2) is 18.2 Å². The number of primary amides is 1. The summed E-state index contributed by atoms with van der Waals surface area (Å²) in [6.07, 6.45) is -2.27. The third-order valence-corrected chi connectivity index (χ3v) is 2.87. The molecule has 3 N–H and O–H groups in total. The van der Waals surface area contributed by atoms with E-state index in [1.54, 1.807) is 19.1 Å². The Labute approximate surface area is 109 Å². The molecule has 94 valence electrons. The molecule has 17 heavy (non-hydrogen) atoms. The van der Waals surface area contributed by atoms with Crippen LogP contribution in [0.3, 0.4) is 0 Å². The van der Waals surface area contributed by atoms with Gasteiger partial charge in [-0.2, -0.15) is 0 Å². The molecule has 0 aliphatic rings. The summed E-state index contributed by atoms with van der Waals surface area (Å²) in [5.41, 5.74) is 5.37. The Morgan fingerprint density at radius 2 is 2.18 bits per heavy atom. The Balaban J connectivity index is 2.93. The predicted molar refractivity (Wildman–Crippen MR) is 66.2 cm³/mol. The van der Waals surface area contributed by atoms with E-state index in [4.69, 9.17) is 33.7 Å². The van der Waals surface area contributed by atoms with Crippen molar-refractivity contribution in [1.29, 1.82) is 0 Å². The maximum Gasteiger partial charge on any atom is 0.404 e. The molecular weight excluding hydrogens is 265 g/mol. The molecule has 0 saturated carbocycles. The summed E-state index contributed by atoms with van der Waals surface area (Å²) in [6.45, 7) is 1.76. The van der Waals surface area contributed by atoms with Crippen LogP contribution in [0.2, 0.25) is 10.0 Å². The minimum atomic E-state index is -1.03. The first kappa shape index (κ1) is 14.1. The van der Waals surface area contributed by atoms with E-state index in [2.05, 4.69) is 0 Å². The van der Waals surface area contributed by atoms with Crippen molar-refractivity contribution in [3.05, 3.63) is 33.8 Å². The molecule has 0 radical (unpaired) electrons. The molecule has 1 rings (SSSR count). The van der Waals surface area contributed by atoms with E-state index in [1.165, 1.54) is 6.07 Å². The van der Waals surface area contributed by atoms with Crippen molar-refractivity contribution in [1.82, 2.24) is 0 Å². The second kappa shape index (κ2) is 6.10.